The van der Waals surface area contributed by atoms with Gasteiger partial charge in [0.1, 0.15) is 28.9 Å². The molecular weight excluding hydrogens is 339 g/mol. The summed E-state index contributed by atoms with van der Waals surface area (Å²) < 4.78 is 38.7. The molecule has 0 aromatic heterocycles. The summed E-state index contributed by atoms with van der Waals surface area (Å²) in [6.07, 6.45) is -5.52. The standard InChI is InChI=1S/C13H14F3NO5S/c14-13(15,16)6(4-23)10(20)17-5-12(3-7(17)11(21)22)8(18)1-2-9(12)19/h6-7,23H,1-5H2,(H,21,22)/t6?,7-/m0/s1. The molecule has 1 N–H and O–H groups in total. The number of amides is 1. The summed E-state index contributed by atoms with van der Waals surface area (Å²) in [7, 11) is 0. The van der Waals surface area contributed by atoms with Crippen LogP contribution in [0.1, 0.15) is 19.3 Å². The molecule has 1 spiro atoms. The van der Waals surface area contributed by atoms with Crippen LogP contribution in [0.4, 0.5) is 13.2 Å². The number of ketones is 2. The SMILES string of the molecule is O=C(O)[C@@H]1CC2(CN1C(=O)C(CS)C(F)(F)F)C(=O)CCC2=O. The highest BCUT2D eigenvalue weighted by atomic mass is 32.1. The lowest BCUT2D eigenvalue weighted by atomic mass is 9.82. The third-order valence-corrected chi connectivity index (χ3v) is 4.81. The molecule has 10 heteroatoms. The normalized spacial score (nSPS) is 25.2. The number of Topliss-reactive ketones (excluding diaryl/α,β-unsaturated/α-hetero) is 2. The Balaban J connectivity index is 2.37. The number of aliphatic carboxylic acids is 1. The largest absolute Gasteiger partial charge is 0.480 e. The third kappa shape index (κ3) is 2.84. The van der Waals surface area contributed by atoms with Crippen LogP contribution in [-0.2, 0) is 19.2 Å². The van der Waals surface area contributed by atoms with E-state index in [0.29, 0.717) is 4.90 Å². The zero-order valence-corrected chi connectivity index (χ0v) is 12.7. The van der Waals surface area contributed by atoms with Crippen molar-refractivity contribution in [3.63, 3.8) is 0 Å². The Morgan fingerprint density at radius 1 is 1.30 bits per heavy atom. The Morgan fingerprint density at radius 3 is 2.22 bits per heavy atom. The number of carboxylic acid groups (broad SMARTS) is 1. The van der Waals surface area contributed by atoms with Gasteiger partial charge in [-0.1, -0.05) is 0 Å². The molecule has 1 saturated heterocycles. The van der Waals surface area contributed by atoms with Crippen LogP contribution in [0.5, 0.6) is 0 Å². The Hall–Kier alpha value is -1.58. The van der Waals surface area contributed by atoms with E-state index < -0.39 is 65.7 Å². The van der Waals surface area contributed by atoms with Gasteiger partial charge in [-0.15, -0.1) is 0 Å². The van der Waals surface area contributed by atoms with Crippen molar-refractivity contribution in [2.24, 2.45) is 11.3 Å². The first-order chi connectivity index (χ1) is 10.5. The minimum Gasteiger partial charge on any atom is -0.480 e. The Kier molecular flexibility index (Phi) is 4.49. The maximum Gasteiger partial charge on any atom is 0.401 e. The molecule has 0 aromatic carbocycles. The molecule has 1 aliphatic heterocycles. The second-order valence-corrected chi connectivity index (χ2v) is 6.09. The molecule has 2 rings (SSSR count). The minimum absolute atomic E-state index is 0.0809. The Bertz CT molecular complexity index is 560. The number of thiol groups is 1. The van der Waals surface area contributed by atoms with Gasteiger partial charge >= 0.3 is 12.1 Å². The van der Waals surface area contributed by atoms with E-state index in [1.165, 1.54) is 0 Å². The third-order valence-electron chi connectivity index (χ3n) is 4.45. The van der Waals surface area contributed by atoms with Crippen molar-refractivity contribution in [2.45, 2.75) is 31.5 Å². The van der Waals surface area contributed by atoms with Crippen molar-refractivity contribution < 1.29 is 37.5 Å². The van der Waals surface area contributed by atoms with Crippen LogP contribution in [0.2, 0.25) is 0 Å². The predicted molar refractivity (Wildman–Crippen MR) is 72.8 cm³/mol. The van der Waals surface area contributed by atoms with E-state index in [0.717, 1.165) is 0 Å². The number of likely N-dealkylation sites (tertiary alicyclic amines) is 1. The lowest BCUT2D eigenvalue weighted by molar-refractivity contribution is -0.186. The predicted octanol–water partition coefficient (Wildman–Crippen LogP) is 0.699. The highest BCUT2D eigenvalue weighted by molar-refractivity contribution is 7.80. The molecule has 1 heterocycles. The maximum absolute atomic E-state index is 12.9. The summed E-state index contributed by atoms with van der Waals surface area (Å²) in [5.41, 5.74) is -1.68. The first-order valence-corrected chi connectivity index (χ1v) is 7.45. The number of nitrogens with zero attached hydrogens (tertiary/aromatic N) is 1. The molecule has 0 bridgehead atoms. The van der Waals surface area contributed by atoms with E-state index in [1.807, 2.05) is 0 Å². The summed E-state index contributed by atoms with van der Waals surface area (Å²) in [5, 5.41) is 9.19. The van der Waals surface area contributed by atoms with Crippen molar-refractivity contribution in [1.29, 1.82) is 0 Å². The molecule has 1 saturated carbocycles. The Morgan fingerprint density at radius 2 is 1.83 bits per heavy atom. The second kappa shape index (κ2) is 5.81. The van der Waals surface area contributed by atoms with E-state index in [1.54, 1.807) is 0 Å². The van der Waals surface area contributed by atoms with Crippen molar-refractivity contribution in [2.75, 3.05) is 12.3 Å². The number of carbonyl (C=O) groups is 4. The lowest BCUT2D eigenvalue weighted by Crippen LogP contribution is -2.48. The zero-order chi connectivity index (χ0) is 17.6. The summed E-state index contributed by atoms with van der Waals surface area (Å²) in [4.78, 5) is 48.0. The topological polar surface area (TPSA) is 91.8 Å². The molecule has 1 aliphatic carbocycles. The van der Waals surface area contributed by atoms with Crippen molar-refractivity contribution in [3.05, 3.63) is 0 Å². The van der Waals surface area contributed by atoms with Crippen molar-refractivity contribution >= 4 is 36.1 Å². The van der Waals surface area contributed by atoms with E-state index >= 15 is 0 Å². The molecule has 128 valence electrons. The van der Waals surface area contributed by atoms with E-state index in [2.05, 4.69) is 12.6 Å². The number of carboxylic acids is 1. The quantitative estimate of drug-likeness (QED) is 0.576. The van der Waals surface area contributed by atoms with Gasteiger partial charge in [0.2, 0.25) is 5.91 Å². The number of rotatable bonds is 3. The van der Waals surface area contributed by atoms with Crippen LogP contribution in [0.3, 0.4) is 0 Å². The number of hydrogen-bond acceptors (Lipinski definition) is 5. The van der Waals surface area contributed by atoms with Crippen LogP contribution in [0.25, 0.3) is 0 Å². The first-order valence-electron chi connectivity index (χ1n) is 6.82. The molecule has 1 unspecified atom stereocenters. The summed E-state index contributed by atoms with van der Waals surface area (Å²) in [5.74, 6) is -7.36. The average Bonchev–Trinajstić information content (AvgIpc) is 2.96. The smallest absolute Gasteiger partial charge is 0.401 e. The molecule has 0 radical (unpaired) electrons. The van der Waals surface area contributed by atoms with Crippen LogP contribution >= 0.6 is 12.6 Å². The fourth-order valence-electron chi connectivity index (χ4n) is 3.14. The highest BCUT2D eigenvalue weighted by Gasteiger charge is 2.61. The molecule has 0 aromatic rings. The van der Waals surface area contributed by atoms with Gasteiger partial charge in [-0.05, 0) is 6.42 Å². The van der Waals surface area contributed by atoms with E-state index in [9.17, 15) is 37.5 Å². The molecule has 2 fully saturated rings. The summed E-state index contributed by atoms with van der Waals surface area (Å²) >= 11 is 3.51. The molecule has 1 amide bonds. The van der Waals surface area contributed by atoms with Gasteiger partial charge in [-0.3, -0.25) is 14.4 Å². The molecule has 2 aliphatic rings. The monoisotopic (exact) mass is 353 g/mol. The lowest BCUT2D eigenvalue weighted by Gasteiger charge is -2.27. The van der Waals surface area contributed by atoms with Gasteiger partial charge in [0.05, 0.1) is 0 Å². The van der Waals surface area contributed by atoms with Gasteiger partial charge in [-0.2, -0.15) is 25.8 Å². The molecule has 6 nitrogen and oxygen atoms in total. The van der Waals surface area contributed by atoms with Crippen LogP contribution in [-0.4, -0.2) is 58.0 Å². The minimum atomic E-state index is -4.89. The molecule has 2 atom stereocenters. The number of carbonyl (C=O) groups excluding carboxylic acids is 3. The number of halogens is 3. The molecular formula is C13H14F3NO5S. The van der Waals surface area contributed by atoms with Gasteiger partial charge < -0.3 is 10.0 Å². The van der Waals surface area contributed by atoms with Gasteiger partial charge in [0.15, 0.2) is 0 Å². The maximum atomic E-state index is 12.9. The summed E-state index contributed by atoms with van der Waals surface area (Å²) in [6, 6.07) is -1.63. The van der Waals surface area contributed by atoms with Crippen molar-refractivity contribution in [3.8, 4) is 0 Å². The van der Waals surface area contributed by atoms with Crippen LogP contribution < -0.4 is 0 Å². The number of alkyl halides is 3. The fraction of sp³-hybridized carbons (Fsp3) is 0.692. The Labute approximate surface area is 134 Å². The van der Waals surface area contributed by atoms with Gasteiger partial charge in [0.25, 0.3) is 0 Å². The van der Waals surface area contributed by atoms with Gasteiger partial charge in [0, 0.05) is 25.1 Å². The van der Waals surface area contributed by atoms with E-state index in [-0.39, 0.29) is 12.8 Å². The zero-order valence-electron chi connectivity index (χ0n) is 11.8. The van der Waals surface area contributed by atoms with E-state index in [4.69, 9.17) is 0 Å². The van der Waals surface area contributed by atoms with Crippen molar-refractivity contribution in [1.82, 2.24) is 4.90 Å². The van der Waals surface area contributed by atoms with Crippen LogP contribution in [0.15, 0.2) is 0 Å². The first kappa shape index (κ1) is 17.8. The summed E-state index contributed by atoms with van der Waals surface area (Å²) in [6.45, 7) is -0.610. The van der Waals surface area contributed by atoms with Crippen LogP contribution in [0, 0.1) is 11.3 Å². The fourth-order valence-corrected chi connectivity index (χ4v) is 3.51. The van der Waals surface area contributed by atoms with Gasteiger partial charge in [-0.25, -0.2) is 4.79 Å². The highest BCUT2D eigenvalue weighted by Crippen LogP contribution is 2.44. The second-order valence-electron chi connectivity index (χ2n) is 5.73. The average molecular weight is 353 g/mol. The number of hydrogen-bond donors (Lipinski definition) is 2. The molecule has 23 heavy (non-hydrogen) atoms.